The summed E-state index contributed by atoms with van der Waals surface area (Å²) < 4.78 is 5.45. The number of phenolic OH excluding ortho intramolecular Hbond substituents is 1. The molecule has 1 amide bonds. The van der Waals surface area contributed by atoms with Crippen LogP contribution in [0.3, 0.4) is 0 Å². The highest BCUT2D eigenvalue weighted by atomic mass is 16.4. The molecule has 0 saturated heterocycles. The number of rotatable bonds is 7. The van der Waals surface area contributed by atoms with Gasteiger partial charge in [0.2, 0.25) is 5.91 Å². The second-order valence-corrected chi connectivity index (χ2v) is 7.95. The number of amides is 1. The lowest BCUT2D eigenvalue weighted by atomic mass is 9.88. The van der Waals surface area contributed by atoms with Crippen LogP contribution >= 0.6 is 0 Å². The maximum Gasteiger partial charge on any atom is 0.343 e. The number of carbonyl (C=O) groups is 1. The highest BCUT2D eigenvalue weighted by molar-refractivity contribution is 5.91. The molecule has 1 aromatic heterocycles. The summed E-state index contributed by atoms with van der Waals surface area (Å²) in [6.45, 7) is 1.93. The quantitative estimate of drug-likeness (QED) is 0.336. The number of benzene rings is 3. The summed E-state index contributed by atoms with van der Waals surface area (Å²) >= 11 is 0. The fourth-order valence-electron chi connectivity index (χ4n) is 4.04. The van der Waals surface area contributed by atoms with E-state index in [1.807, 2.05) is 25.1 Å². The minimum Gasteiger partial charge on any atom is -0.508 e. The van der Waals surface area contributed by atoms with E-state index in [9.17, 15) is 19.8 Å². The molecule has 0 spiro atoms. The topological polar surface area (TPSA) is 99.8 Å². The SMILES string of the molecule is CCC(c1cccc(NC(=O)CCc2ccc(O)cc2)c1)c1c(O)c2ccccc2oc1=O. The molecule has 0 aliphatic rings. The molecule has 4 rings (SSSR count). The Bertz CT molecular complexity index is 1340. The van der Waals surface area contributed by atoms with Crippen molar-refractivity contribution in [1.82, 2.24) is 0 Å². The van der Waals surface area contributed by atoms with E-state index in [-0.39, 0.29) is 28.9 Å². The third kappa shape index (κ3) is 4.90. The van der Waals surface area contributed by atoms with Crippen LogP contribution in [0.4, 0.5) is 5.69 Å². The van der Waals surface area contributed by atoms with Crippen molar-refractivity contribution in [2.24, 2.45) is 0 Å². The minimum atomic E-state index is -0.568. The van der Waals surface area contributed by atoms with E-state index in [0.29, 0.717) is 35.9 Å². The van der Waals surface area contributed by atoms with E-state index in [2.05, 4.69) is 5.32 Å². The molecular weight excluding hydrogens is 418 g/mol. The summed E-state index contributed by atoms with van der Waals surface area (Å²) in [5.41, 5.74) is 2.36. The monoisotopic (exact) mass is 443 g/mol. The summed E-state index contributed by atoms with van der Waals surface area (Å²) in [5, 5.41) is 23.6. The molecule has 4 aromatic rings. The molecule has 0 aliphatic heterocycles. The van der Waals surface area contributed by atoms with Crippen molar-refractivity contribution in [2.45, 2.75) is 32.1 Å². The number of aromatic hydroxyl groups is 2. The van der Waals surface area contributed by atoms with Crippen molar-refractivity contribution in [3.8, 4) is 11.5 Å². The predicted octanol–water partition coefficient (Wildman–Crippen LogP) is 5.32. The summed E-state index contributed by atoms with van der Waals surface area (Å²) in [6.07, 6.45) is 1.41. The first-order chi connectivity index (χ1) is 16.0. The predicted molar refractivity (Wildman–Crippen MR) is 128 cm³/mol. The molecule has 0 saturated carbocycles. The Morgan fingerprint density at radius 2 is 1.76 bits per heavy atom. The number of phenols is 1. The van der Waals surface area contributed by atoms with E-state index in [1.54, 1.807) is 54.6 Å². The molecule has 1 atom stereocenters. The van der Waals surface area contributed by atoms with E-state index in [4.69, 9.17) is 4.42 Å². The lowest BCUT2D eigenvalue weighted by Gasteiger charge is -2.18. The Kier molecular flexibility index (Phi) is 6.45. The maximum absolute atomic E-state index is 12.7. The van der Waals surface area contributed by atoms with E-state index < -0.39 is 5.63 Å². The highest BCUT2D eigenvalue weighted by Crippen LogP contribution is 2.36. The van der Waals surface area contributed by atoms with Gasteiger partial charge in [0.25, 0.3) is 0 Å². The smallest absolute Gasteiger partial charge is 0.343 e. The van der Waals surface area contributed by atoms with Gasteiger partial charge in [0.1, 0.15) is 17.1 Å². The first kappa shape index (κ1) is 22.1. The van der Waals surface area contributed by atoms with Crippen molar-refractivity contribution in [2.75, 3.05) is 5.32 Å². The molecule has 3 aromatic carbocycles. The average molecular weight is 443 g/mol. The van der Waals surface area contributed by atoms with Crippen molar-refractivity contribution in [3.05, 3.63) is 99.9 Å². The fourth-order valence-corrected chi connectivity index (χ4v) is 4.04. The molecule has 3 N–H and O–H groups in total. The number of hydrogen-bond acceptors (Lipinski definition) is 5. The third-order valence-corrected chi connectivity index (χ3v) is 5.73. The molecule has 0 aliphatic carbocycles. The van der Waals surface area contributed by atoms with Gasteiger partial charge in [0.15, 0.2) is 0 Å². The second-order valence-electron chi connectivity index (χ2n) is 7.95. The first-order valence-corrected chi connectivity index (χ1v) is 10.9. The number of hydrogen-bond donors (Lipinski definition) is 3. The van der Waals surface area contributed by atoms with Crippen LogP contribution in [0.5, 0.6) is 11.5 Å². The highest BCUT2D eigenvalue weighted by Gasteiger charge is 2.23. The van der Waals surface area contributed by atoms with Crippen LogP contribution in [0.1, 0.15) is 42.4 Å². The number of aryl methyl sites for hydroxylation is 1. The number of nitrogens with one attached hydrogen (secondary N) is 1. The summed E-state index contributed by atoms with van der Waals surface area (Å²) in [5.74, 6) is -0.407. The van der Waals surface area contributed by atoms with Gasteiger partial charge in [0.05, 0.1) is 10.9 Å². The normalized spacial score (nSPS) is 11.9. The molecule has 1 unspecified atom stereocenters. The van der Waals surface area contributed by atoms with Crippen LogP contribution in [0.15, 0.2) is 82.0 Å². The van der Waals surface area contributed by atoms with Crippen molar-refractivity contribution in [1.29, 1.82) is 0 Å². The molecule has 0 fully saturated rings. The van der Waals surface area contributed by atoms with Crippen molar-refractivity contribution >= 4 is 22.6 Å². The molecule has 6 heteroatoms. The fraction of sp³-hybridized carbons (Fsp3) is 0.185. The lowest BCUT2D eigenvalue weighted by Crippen LogP contribution is -2.15. The van der Waals surface area contributed by atoms with Gasteiger partial charge in [-0.2, -0.15) is 0 Å². The van der Waals surface area contributed by atoms with E-state index in [1.165, 1.54) is 0 Å². The Morgan fingerprint density at radius 3 is 2.52 bits per heavy atom. The number of anilines is 1. The Hall–Kier alpha value is -4.06. The second kappa shape index (κ2) is 9.61. The van der Waals surface area contributed by atoms with Gasteiger partial charge in [-0.15, -0.1) is 0 Å². The van der Waals surface area contributed by atoms with Crippen molar-refractivity contribution in [3.63, 3.8) is 0 Å². The van der Waals surface area contributed by atoms with Gasteiger partial charge in [-0.3, -0.25) is 4.79 Å². The summed E-state index contributed by atoms with van der Waals surface area (Å²) in [4.78, 5) is 25.2. The number of para-hydroxylation sites is 1. The zero-order valence-corrected chi connectivity index (χ0v) is 18.2. The first-order valence-electron chi connectivity index (χ1n) is 10.9. The molecular formula is C27H25NO5. The van der Waals surface area contributed by atoms with Gasteiger partial charge in [-0.25, -0.2) is 4.79 Å². The maximum atomic E-state index is 12.7. The van der Waals surface area contributed by atoms with Crippen LogP contribution < -0.4 is 10.9 Å². The molecule has 0 bridgehead atoms. The van der Waals surface area contributed by atoms with Gasteiger partial charge >= 0.3 is 5.63 Å². The molecule has 1 heterocycles. The standard InChI is InChI=1S/C27H25NO5/c1-2-21(25-26(31)22-8-3-4-9-23(22)33-27(25)32)18-6-5-7-19(16-18)28-24(30)15-12-17-10-13-20(29)14-11-17/h3-11,13-14,16,21,29,31H,2,12,15H2,1H3,(H,28,30). The number of fused-ring (bicyclic) bond motifs is 1. The van der Waals surface area contributed by atoms with Gasteiger partial charge in [-0.05, 0) is 60.4 Å². The summed E-state index contributed by atoms with van der Waals surface area (Å²) in [7, 11) is 0. The molecule has 0 radical (unpaired) electrons. The lowest BCUT2D eigenvalue weighted by molar-refractivity contribution is -0.116. The average Bonchev–Trinajstić information content (AvgIpc) is 2.81. The van der Waals surface area contributed by atoms with Crippen LogP contribution in [-0.4, -0.2) is 16.1 Å². The number of carbonyl (C=O) groups excluding carboxylic acids is 1. The zero-order valence-electron chi connectivity index (χ0n) is 18.2. The van der Waals surface area contributed by atoms with E-state index >= 15 is 0 Å². The summed E-state index contributed by atoms with van der Waals surface area (Å²) in [6, 6.07) is 21.0. The van der Waals surface area contributed by atoms with Crippen LogP contribution in [0.25, 0.3) is 11.0 Å². The molecule has 168 valence electrons. The van der Waals surface area contributed by atoms with Gasteiger partial charge < -0.3 is 19.9 Å². The zero-order chi connectivity index (χ0) is 23.4. The molecule has 33 heavy (non-hydrogen) atoms. The van der Waals surface area contributed by atoms with Gasteiger partial charge in [-0.1, -0.05) is 43.3 Å². The Balaban J connectivity index is 1.55. The van der Waals surface area contributed by atoms with Crippen molar-refractivity contribution < 1.29 is 19.4 Å². The molecule has 6 nitrogen and oxygen atoms in total. The van der Waals surface area contributed by atoms with E-state index in [0.717, 1.165) is 11.1 Å². The van der Waals surface area contributed by atoms with Crippen LogP contribution in [0, 0.1) is 0 Å². The van der Waals surface area contributed by atoms with Crippen LogP contribution in [0.2, 0.25) is 0 Å². The minimum absolute atomic E-state index is 0.0722. The largest absolute Gasteiger partial charge is 0.508 e. The third-order valence-electron chi connectivity index (χ3n) is 5.73. The van der Waals surface area contributed by atoms with Crippen LogP contribution in [-0.2, 0) is 11.2 Å². The van der Waals surface area contributed by atoms with Gasteiger partial charge in [0, 0.05) is 18.0 Å². The Labute approximate surface area is 191 Å². The Morgan fingerprint density at radius 1 is 1.00 bits per heavy atom.